The molecule has 0 aliphatic carbocycles. The summed E-state index contributed by atoms with van der Waals surface area (Å²) in [6, 6.07) is 8.58. The van der Waals surface area contributed by atoms with Gasteiger partial charge in [0.1, 0.15) is 22.5 Å². The fourth-order valence-electron chi connectivity index (χ4n) is 5.85. The Labute approximate surface area is 273 Å². The number of thiazole rings is 1. The normalized spacial score (nSPS) is 23.5. The molecule has 0 spiro atoms. The number of hydrogen-bond donors (Lipinski definition) is 4. The highest BCUT2D eigenvalue weighted by molar-refractivity contribution is 7.09. The van der Waals surface area contributed by atoms with Gasteiger partial charge < -0.3 is 30.6 Å². The molecule has 3 aromatic rings. The minimum Gasteiger partial charge on any atom is -0.443 e. The van der Waals surface area contributed by atoms with Gasteiger partial charge in [-0.1, -0.05) is 44.2 Å². The van der Waals surface area contributed by atoms with Crippen LogP contribution in [0.25, 0.3) is 0 Å². The molecular weight excluding hydrogens is 606 g/mol. The highest BCUT2D eigenvalue weighted by atomic mass is 32.1. The van der Waals surface area contributed by atoms with Gasteiger partial charge in [0, 0.05) is 43.9 Å². The van der Waals surface area contributed by atoms with Gasteiger partial charge in [0.2, 0.25) is 17.7 Å². The monoisotopic (exact) mass is 649 g/mol. The lowest BCUT2D eigenvalue weighted by Crippen LogP contribution is -2.47. The molecule has 5 rings (SSSR count). The third-order valence-electron chi connectivity index (χ3n) is 8.40. The third kappa shape index (κ3) is 8.18. The van der Waals surface area contributed by atoms with Crippen molar-refractivity contribution in [1.29, 1.82) is 0 Å². The van der Waals surface area contributed by atoms with E-state index in [0.717, 1.165) is 18.4 Å². The molecule has 1 fully saturated rings. The summed E-state index contributed by atoms with van der Waals surface area (Å²) >= 11 is 1.30. The number of oxazole rings is 1. The smallest absolute Gasteiger partial charge is 0.274 e. The number of benzene rings is 1. The molecule has 1 saturated heterocycles. The maximum atomic E-state index is 13.5. The Kier molecular flexibility index (Phi) is 10.8. The Morgan fingerprint density at radius 2 is 1.85 bits per heavy atom. The van der Waals surface area contributed by atoms with E-state index in [-0.39, 0.29) is 66.0 Å². The predicted molar refractivity (Wildman–Crippen MR) is 173 cm³/mol. The Bertz CT molecular complexity index is 1540. The molecule has 4 N–H and O–H groups in total. The molecule has 1 aromatic carbocycles. The molecule has 0 saturated carbocycles. The summed E-state index contributed by atoms with van der Waals surface area (Å²) in [5.41, 5.74) is 1.35. The van der Waals surface area contributed by atoms with E-state index in [0.29, 0.717) is 36.7 Å². The van der Waals surface area contributed by atoms with Crippen molar-refractivity contribution in [2.45, 2.75) is 84.0 Å². The number of carbonyl (C=O) groups excluding carboxylic acids is 4. The summed E-state index contributed by atoms with van der Waals surface area (Å²) in [6.07, 6.45) is 2.67. The van der Waals surface area contributed by atoms with Crippen LogP contribution in [0.4, 0.5) is 0 Å². The number of carbonyl (C=O) groups is 4. The largest absolute Gasteiger partial charge is 0.443 e. The van der Waals surface area contributed by atoms with Gasteiger partial charge in [0.05, 0.1) is 12.1 Å². The van der Waals surface area contributed by atoms with Crippen molar-refractivity contribution in [3.63, 3.8) is 0 Å². The molecule has 13 heteroatoms. The zero-order chi connectivity index (χ0) is 32.8. The quantitative estimate of drug-likeness (QED) is 0.335. The number of aromatic nitrogens is 2. The van der Waals surface area contributed by atoms with Crippen LogP contribution in [-0.4, -0.2) is 70.2 Å². The Morgan fingerprint density at radius 3 is 2.57 bits per heavy atom. The fraction of sp³-hybridized carbons (Fsp3) is 0.515. The van der Waals surface area contributed by atoms with Gasteiger partial charge in [0.15, 0.2) is 5.69 Å². The van der Waals surface area contributed by atoms with E-state index in [2.05, 4.69) is 38.2 Å². The van der Waals surface area contributed by atoms with Crippen LogP contribution >= 0.6 is 11.3 Å². The maximum Gasteiger partial charge on any atom is 0.274 e. The first-order valence-corrected chi connectivity index (χ1v) is 16.9. The van der Waals surface area contributed by atoms with Gasteiger partial charge in [-0.05, 0) is 44.6 Å². The minimum atomic E-state index is -0.611. The Hall–Kier alpha value is -4.10. The number of aryl methyl sites for hydroxylation is 1. The van der Waals surface area contributed by atoms with Gasteiger partial charge in [-0.15, -0.1) is 11.3 Å². The van der Waals surface area contributed by atoms with Crippen LogP contribution in [0, 0.1) is 12.8 Å². The second-order valence-corrected chi connectivity index (χ2v) is 13.3. The first-order chi connectivity index (χ1) is 22.1. The molecule has 4 atom stereocenters. The van der Waals surface area contributed by atoms with E-state index < -0.39 is 18.0 Å². The van der Waals surface area contributed by atoms with Crippen LogP contribution < -0.4 is 21.3 Å². The highest BCUT2D eigenvalue weighted by Gasteiger charge is 2.31. The second kappa shape index (κ2) is 15.0. The van der Waals surface area contributed by atoms with Crippen molar-refractivity contribution >= 4 is 35.0 Å². The lowest BCUT2D eigenvalue weighted by atomic mass is 10.0. The molecule has 2 aromatic heterocycles. The number of nitrogens with one attached hydrogen (secondary N) is 4. The molecule has 0 radical (unpaired) electrons. The number of rotatable bonds is 4. The van der Waals surface area contributed by atoms with Crippen molar-refractivity contribution in [1.82, 2.24) is 36.1 Å². The van der Waals surface area contributed by atoms with Gasteiger partial charge in [0.25, 0.3) is 11.8 Å². The van der Waals surface area contributed by atoms with Gasteiger partial charge in [-0.3, -0.25) is 19.2 Å². The van der Waals surface area contributed by atoms with Crippen molar-refractivity contribution in [2.75, 3.05) is 19.6 Å². The maximum absolute atomic E-state index is 13.5. The van der Waals surface area contributed by atoms with E-state index >= 15 is 0 Å². The number of nitrogens with zero attached hydrogens (tertiary/aromatic N) is 3. The predicted octanol–water partition coefficient (Wildman–Crippen LogP) is 3.46. The van der Waals surface area contributed by atoms with Crippen LogP contribution in [0.2, 0.25) is 0 Å². The molecule has 0 unspecified atom stereocenters. The van der Waals surface area contributed by atoms with E-state index in [9.17, 15) is 19.2 Å². The molecule has 46 heavy (non-hydrogen) atoms. The average Bonchev–Trinajstić information content (AvgIpc) is 3.78. The van der Waals surface area contributed by atoms with Crippen LogP contribution in [0.5, 0.6) is 0 Å². The van der Waals surface area contributed by atoms with Crippen molar-refractivity contribution in [3.05, 3.63) is 69.3 Å². The molecule has 2 aliphatic rings. The molecule has 12 nitrogen and oxygen atoms in total. The van der Waals surface area contributed by atoms with Gasteiger partial charge in [-0.2, -0.15) is 0 Å². The summed E-state index contributed by atoms with van der Waals surface area (Å²) in [5, 5.41) is 14.6. The van der Waals surface area contributed by atoms with Crippen molar-refractivity contribution in [2.24, 2.45) is 5.92 Å². The van der Waals surface area contributed by atoms with E-state index in [1.165, 1.54) is 11.3 Å². The standard InChI is InChI=1S/C33H43N7O5S/c1-19(2)27-32-37-25(18-46-32)29(42)34-14-16-40(33(44)23-13-12-20(3)35-23)15-8-11-26(41)36-24(17-22-9-6-5-7-10-22)31-39-28(21(4)45-31)30(43)38-27/h5-7,9-10,18-20,23-24,27,35H,8,11-17H2,1-4H3,(H,34,42)(H,36,41)(H,38,43)/t20-,23-,24-,27-/m0/s1. The molecule has 4 bridgehead atoms. The number of fused-ring (bicyclic) bond motifs is 4. The average molecular weight is 650 g/mol. The van der Waals surface area contributed by atoms with Crippen LogP contribution in [0.1, 0.15) is 102 Å². The van der Waals surface area contributed by atoms with Crippen molar-refractivity contribution < 1.29 is 23.6 Å². The number of hydrogen-bond acceptors (Lipinski definition) is 9. The summed E-state index contributed by atoms with van der Waals surface area (Å²) in [6.45, 7) is 8.55. The zero-order valence-electron chi connectivity index (χ0n) is 26.8. The molecular formula is C33H43N7O5S. The van der Waals surface area contributed by atoms with E-state index in [1.54, 1.807) is 17.2 Å². The second-order valence-electron chi connectivity index (χ2n) is 12.4. The Morgan fingerprint density at radius 1 is 1.07 bits per heavy atom. The highest BCUT2D eigenvalue weighted by Crippen LogP contribution is 2.27. The van der Waals surface area contributed by atoms with E-state index in [1.807, 2.05) is 44.2 Å². The van der Waals surface area contributed by atoms with Gasteiger partial charge in [-0.25, -0.2) is 9.97 Å². The zero-order valence-corrected chi connectivity index (χ0v) is 27.6. The van der Waals surface area contributed by atoms with Gasteiger partial charge >= 0.3 is 0 Å². The molecule has 246 valence electrons. The lowest BCUT2D eigenvalue weighted by molar-refractivity contribution is -0.133. The summed E-state index contributed by atoms with van der Waals surface area (Å²) in [4.78, 5) is 64.1. The SMILES string of the molecule is Cc1oc2nc1C(=O)N[C@@H](C(C)C)c1nc(cs1)C(=O)NCCN(C(=O)[C@@H]1CC[C@H](C)N1)CCCC(=O)N[C@H]2Cc1ccccc1. The molecule has 4 amide bonds. The fourth-order valence-corrected chi connectivity index (χ4v) is 6.87. The van der Waals surface area contributed by atoms with Crippen LogP contribution in [0.15, 0.2) is 40.1 Å². The van der Waals surface area contributed by atoms with Crippen LogP contribution in [0.3, 0.4) is 0 Å². The van der Waals surface area contributed by atoms with Crippen LogP contribution in [-0.2, 0) is 16.0 Å². The number of amides is 4. The third-order valence-corrected chi connectivity index (χ3v) is 9.33. The first-order valence-electron chi connectivity index (χ1n) is 16.0. The topological polar surface area (TPSA) is 159 Å². The Balaban J connectivity index is 1.43. The summed E-state index contributed by atoms with van der Waals surface area (Å²) < 4.78 is 6.01. The molecule has 2 aliphatic heterocycles. The summed E-state index contributed by atoms with van der Waals surface area (Å²) in [5.74, 6) is -0.499. The molecule has 4 heterocycles. The first kappa shape index (κ1) is 33.3. The minimum absolute atomic E-state index is 0.0302. The van der Waals surface area contributed by atoms with E-state index in [4.69, 9.17) is 4.42 Å². The summed E-state index contributed by atoms with van der Waals surface area (Å²) in [7, 11) is 0. The van der Waals surface area contributed by atoms with Crippen molar-refractivity contribution in [3.8, 4) is 0 Å². The lowest BCUT2D eigenvalue weighted by Gasteiger charge is -2.26.